The van der Waals surface area contributed by atoms with Gasteiger partial charge in [-0.15, -0.1) is 11.3 Å². The summed E-state index contributed by atoms with van der Waals surface area (Å²) < 4.78 is 39.2. The van der Waals surface area contributed by atoms with Gasteiger partial charge in [0.05, 0.1) is 21.8 Å². The molecule has 0 aliphatic carbocycles. The monoisotopic (exact) mass is 373 g/mol. The molecule has 1 unspecified atom stereocenters. The van der Waals surface area contributed by atoms with E-state index in [0.717, 1.165) is 21.8 Å². The van der Waals surface area contributed by atoms with Crippen LogP contribution < -0.4 is 0 Å². The fourth-order valence-corrected chi connectivity index (χ4v) is 3.95. The second kappa shape index (κ2) is 6.89. The Hall–Kier alpha value is -1.71. The van der Waals surface area contributed by atoms with Crippen LogP contribution in [0.4, 0.5) is 13.2 Å². The van der Waals surface area contributed by atoms with Crippen molar-refractivity contribution in [3.63, 3.8) is 0 Å². The summed E-state index contributed by atoms with van der Waals surface area (Å²) in [5.41, 5.74) is -0.337. The van der Waals surface area contributed by atoms with Gasteiger partial charge in [-0.25, -0.2) is 4.98 Å². The molecule has 1 aliphatic heterocycles. The highest BCUT2D eigenvalue weighted by molar-refractivity contribution is 7.18. The minimum Gasteiger partial charge on any atom is -0.387 e. The van der Waals surface area contributed by atoms with Gasteiger partial charge < -0.3 is 10.0 Å². The van der Waals surface area contributed by atoms with E-state index in [1.807, 2.05) is 6.92 Å². The second-order valence-electron chi connectivity index (χ2n) is 5.98. The first kappa shape index (κ1) is 18.1. The number of hydrogen-bond donors (Lipinski definition) is 1. The SMILES string of the molecule is CC(c1nc2cc(C(F)(F)F)ccc2s1)N1CCN(C(=O)CO)CC1. The summed E-state index contributed by atoms with van der Waals surface area (Å²) >= 11 is 1.39. The van der Waals surface area contributed by atoms with Crippen molar-refractivity contribution < 1.29 is 23.1 Å². The van der Waals surface area contributed by atoms with Crippen LogP contribution in [0.15, 0.2) is 18.2 Å². The Morgan fingerprint density at radius 2 is 2.00 bits per heavy atom. The summed E-state index contributed by atoms with van der Waals surface area (Å²) in [6.07, 6.45) is -4.38. The van der Waals surface area contributed by atoms with Crippen LogP contribution >= 0.6 is 11.3 Å². The Morgan fingerprint density at radius 1 is 1.32 bits per heavy atom. The van der Waals surface area contributed by atoms with E-state index >= 15 is 0 Å². The van der Waals surface area contributed by atoms with E-state index < -0.39 is 18.3 Å². The van der Waals surface area contributed by atoms with Crippen LogP contribution in [-0.2, 0) is 11.0 Å². The molecule has 1 N–H and O–H groups in total. The molecule has 25 heavy (non-hydrogen) atoms. The number of nitrogens with zero attached hydrogens (tertiary/aromatic N) is 3. The lowest BCUT2D eigenvalue weighted by molar-refractivity contribution is -0.137. The van der Waals surface area contributed by atoms with Crippen LogP contribution in [0.25, 0.3) is 10.2 Å². The number of aromatic nitrogens is 1. The van der Waals surface area contributed by atoms with Crippen molar-refractivity contribution in [2.45, 2.75) is 19.1 Å². The highest BCUT2D eigenvalue weighted by atomic mass is 32.1. The zero-order valence-corrected chi connectivity index (χ0v) is 14.4. The first-order valence-electron chi connectivity index (χ1n) is 7.90. The standard InChI is InChI=1S/C16H18F3N3O2S/c1-10(21-4-6-22(7-5-21)14(24)9-23)15-20-12-8-11(16(17,18)19)2-3-13(12)25-15/h2-3,8,10,23H,4-7,9H2,1H3. The smallest absolute Gasteiger partial charge is 0.387 e. The number of hydrogen-bond acceptors (Lipinski definition) is 5. The molecule has 0 spiro atoms. The van der Waals surface area contributed by atoms with Gasteiger partial charge in [-0.3, -0.25) is 9.69 Å². The molecule has 136 valence electrons. The predicted octanol–water partition coefficient (Wildman–Crippen LogP) is 2.51. The molecule has 0 radical (unpaired) electrons. The fourth-order valence-electron chi connectivity index (χ4n) is 2.92. The first-order chi connectivity index (χ1) is 11.8. The maximum absolute atomic E-state index is 12.8. The van der Waals surface area contributed by atoms with E-state index in [2.05, 4.69) is 9.88 Å². The number of piperazine rings is 1. The largest absolute Gasteiger partial charge is 0.416 e. The maximum atomic E-state index is 12.8. The summed E-state index contributed by atoms with van der Waals surface area (Å²) in [6, 6.07) is 3.58. The number of amides is 1. The highest BCUT2D eigenvalue weighted by Crippen LogP contribution is 2.35. The zero-order valence-electron chi connectivity index (χ0n) is 13.6. The molecule has 0 saturated carbocycles. The second-order valence-corrected chi connectivity index (χ2v) is 7.05. The van der Waals surface area contributed by atoms with Crippen LogP contribution in [0.5, 0.6) is 0 Å². The van der Waals surface area contributed by atoms with Gasteiger partial charge in [0, 0.05) is 26.2 Å². The predicted molar refractivity (Wildman–Crippen MR) is 88.3 cm³/mol. The molecule has 1 aromatic heterocycles. The van der Waals surface area contributed by atoms with E-state index in [0.29, 0.717) is 31.7 Å². The summed E-state index contributed by atoms with van der Waals surface area (Å²) in [5, 5.41) is 9.67. The minimum atomic E-state index is -4.38. The number of rotatable bonds is 3. The molecule has 5 nitrogen and oxygen atoms in total. The first-order valence-corrected chi connectivity index (χ1v) is 8.71. The van der Waals surface area contributed by atoms with Crippen molar-refractivity contribution in [2.75, 3.05) is 32.8 Å². The number of carbonyl (C=O) groups is 1. The normalized spacial score (nSPS) is 17.9. The molecule has 1 atom stereocenters. The number of fused-ring (bicyclic) bond motifs is 1. The molecule has 3 rings (SSSR count). The molecule has 1 saturated heterocycles. The molecule has 2 heterocycles. The van der Waals surface area contributed by atoms with Crippen molar-refractivity contribution in [1.29, 1.82) is 0 Å². The van der Waals surface area contributed by atoms with Crippen LogP contribution in [-0.4, -0.2) is 58.6 Å². The minimum absolute atomic E-state index is 0.0434. The van der Waals surface area contributed by atoms with Gasteiger partial charge in [0.2, 0.25) is 5.91 Å². The topological polar surface area (TPSA) is 56.7 Å². The Morgan fingerprint density at radius 3 is 2.60 bits per heavy atom. The number of aliphatic hydroxyl groups is 1. The van der Waals surface area contributed by atoms with Crippen LogP contribution in [0.1, 0.15) is 23.5 Å². The average molecular weight is 373 g/mol. The van der Waals surface area contributed by atoms with Crippen molar-refractivity contribution in [3.8, 4) is 0 Å². The van der Waals surface area contributed by atoms with Crippen molar-refractivity contribution in [2.24, 2.45) is 0 Å². The lowest BCUT2D eigenvalue weighted by atomic mass is 10.2. The highest BCUT2D eigenvalue weighted by Gasteiger charge is 2.31. The van der Waals surface area contributed by atoms with E-state index in [9.17, 15) is 18.0 Å². The molecule has 1 amide bonds. The molecular weight excluding hydrogens is 355 g/mol. The zero-order chi connectivity index (χ0) is 18.2. The number of carbonyl (C=O) groups excluding carboxylic acids is 1. The van der Waals surface area contributed by atoms with E-state index in [1.54, 1.807) is 4.90 Å². The van der Waals surface area contributed by atoms with Gasteiger partial charge in [0.1, 0.15) is 11.6 Å². The summed E-state index contributed by atoms with van der Waals surface area (Å²) in [7, 11) is 0. The third-order valence-electron chi connectivity index (χ3n) is 4.44. The van der Waals surface area contributed by atoms with Crippen LogP contribution in [0.2, 0.25) is 0 Å². The Balaban J connectivity index is 1.74. The van der Waals surface area contributed by atoms with Crippen LogP contribution in [0.3, 0.4) is 0 Å². The van der Waals surface area contributed by atoms with Gasteiger partial charge >= 0.3 is 6.18 Å². The van der Waals surface area contributed by atoms with Gasteiger partial charge in [-0.05, 0) is 25.1 Å². The molecule has 1 fully saturated rings. The molecule has 1 aromatic carbocycles. The fraction of sp³-hybridized carbons (Fsp3) is 0.500. The lowest BCUT2D eigenvalue weighted by Gasteiger charge is -2.37. The van der Waals surface area contributed by atoms with Crippen LogP contribution in [0, 0.1) is 0 Å². The molecule has 9 heteroatoms. The number of alkyl halides is 3. The molecular formula is C16H18F3N3O2S. The van der Waals surface area contributed by atoms with Gasteiger partial charge in [0.15, 0.2) is 0 Å². The third-order valence-corrected chi connectivity index (χ3v) is 5.65. The van der Waals surface area contributed by atoms with Crippen molar-refractivity contribution in [3.05, 3.63) is 28.8 Å². The van der Waals surface area contributed by atoms with Gasteiger partial charge in [0.25, 0.3) is 0 Å². The summed E-state index contributed by atoms with van der Waals surface area (Å²) in [4.78, 5) is 19.6. The van der Waals surface area contributed by atoms with Gasteiger partial charge in [-0.1, -0.05) is 0 Å². The van der Waals surface area contributed by atoms with E-state index in [-0.39, 0.29) is 11.9 Å². The Kier molecular flexibility index (Phi) is 4.99. The summed E-state index contributed by atoms with van der Waals surface area (Å²) in [5.74, 6) is -0.285. The molecule has 0 bridgehead atoms. The quantitative estimate of drug-likeness (QED) is 0.898. The van der Waals surface area contributed by atoms with E-state index in [4.69, 9.17) is 5.11 Å². The molecule has 1 aliphatic rings. The van der Waals surface area contributed by atoms with E-state index in [1.165, 1.54) is 17.4 Å². The number of benzene rings is 1. The Bertz CT molecular complexity index is 770. The third kappa shape index (κ3) is 3.78. The molecule has 2 aromatic rings. The van der Waals surface area contributed by atoms with Crippen molar-refractivity contribution in [1.82, 2.24) is 14.8 Å². The number of thiazole rings is 1. The maximum Gasteiger partial charge on any atom is 0.416 e. The average Bonchev–Trinajstić information content (AvgIpc) is 3.03. The Labute approximate surface area is 146 Å². The van der Waals surface area contributed by atoms with Crippen molar-refractivity contribution >= 4 is 27.5 Å². The lowest BCUT2D eigenvalue weighted by Crippen LogP contribution is -2.50. The number of halogens is 3. The van der Waals surface area contributed by atoms with Gasteiger partial charge in [-0.2, -0.15) is 13.2 Å². The summed E-state index contributed by atoms with van der Waals surface area (Å²) in [6.45, 7) is 3.79. The number of aliphatic hydroxyl groups excluding tert-OH is 1.